The zero-order valence-electron chi connectivity index (χ0n) is 9.53. The largest absolute Gasteiger partial charge is 0.457 e. The van der Waals surface area contributed by atoms with Gasteiger partial charge in [-0.2, -0.15) is 0 Å². The second kappa shape index (κ2) is 4.33. The fourth-order valence-corrected chi connectivity index (χ4v) is 2.51. The Morgan fingerprint density at radius 3 is 2.72 bits per heavy atom. The quantitative estimate of drug-likeness (QED) is 0.802. The van der Waals surface area contributed by atoms with Crippen LogP contribution in [0.3, 0.4) is 0 Å². The fraction of sp³-hybridized carbons (Fsp3) is 0.462. The summed E-state index contributed by atoms with van der Waals surface area (Å²) in [4.78, 5) is 11.0. The van der Waals surface area contributed by atoms with Gasteiger partial charge < -0.3 is 14.6 Å². The molecule has 3 rings (SSSR count). The number of aliphatic hydroxyl groups excluding tert-OH is 1. The molecule has 0 radical (unpaired) electrons. The van der Waals surface area contributed by atoms with Crippen molar-refractivity contribution < 1.29 is 23.8 Å². The van der Waals surface area contributed by atoms with E-state index in [1.54, 1.807) is 30.3 Å². The zero-order chi connectivity index (χ0) is 12.7. The van der Waals surface area contributed by atoms with Crippen molar-refractivity contribution in [2.45, 2.75) is 37.0 Å². The van der Waals surface area contributed by atoms with Crippen molar-refractivity contribution >= 4 is 5.97 Å². The second-order valence-corrected chi connectivity index (χ2v) is 4.60. The first-order valence-corrected chi connectivity index (χ1v) is 5.89. The summed E-state index contributed by atoms with van der Waals surface area (Å²) in [6.45, 7) is 0. The number of esters is 1. The van der Waals surface area contributed by atoms with Crippen molar-refractivity contribution in [3.63, 3.8) is 0 Å². The lowest BCUT2D eigenvalue weighted by Crippen LogP contribution is -2.34. The number of rotatable bonds is 2. The predicted octanol–water partition coefficient (Wildman–Crippen LogP) is 1.14. The maximum Gasteiger partial charge on any atom is 0.309 e. The van der Waals surface area contributed by atoms with Gasteiger partial charge in [-0.15, -0.1) is 0 Å². The third-order valence-corrected chi connectivity index (χ3v) is 3.41. The molecule has 2 aliphatic heterocycles. The molecule has 0 amide bonds. The molecule has 0 aliphatic carbocycles. The third kappa shape index (κ3) is 1.79. The van der Waals surface area contributed by atoms with Gasteiger partial charge in [-0.3, -0.25) is 4.79 Å². The highest BCUT2D eigenvalue weighted by Gasteiger charge is 2.53. The molecule has 1 N–H and O–H groups in total. The molecule has 2 saturated heterocycles. The minimum absolute atomic E-state index is 0.0831. The highest BCUT2D eigenvalue weighted by atomic mass is 19.1. The summed E-state index contributed by atoms with van der Waals surface area (Å²) in [5.74, 6) is -0.405. The average molecular weight is 252 g/mol. The van der Waals surface area contributed by atoms with Crippen LogP contribution >= 0.6 is 0 Å². The van der Waals surface area contributed by atoms with E-state index in [4.69, 9.17) is 9.47 Å². The van der Waals surface area contributed by atoms with Crippen LogP contribution in [-0.4, -0.2) is 35.5 Å². The number of halogens is 1. The van der Waals surface area contributed by atoms with Crippen LogP contribution in [0.15, 0.2) is 30.3 Å². The molecule has 0 bridgehead atoms. The minimum atomic E-state index is -1.43. The van der Waals surface area contributed by atoms with Gasteiger partial charge in [0.05, 0.1) is 6.42 Å². The van der Waals surface area contributed by atoms with Gasteiger partial charge in [0.25, 0.3) is 0 Å². The highest BCUT2D eigenvalue weighted by Crippen LogP contribution is 2.38. The smallest absolute Gasteiger partial charge is 0.309 e. The molecule has 1 aromatic rings. The molecular formula is C13H13FO4. The molecule has 5 heteroatoms. The third-order valence-electron chi connectivity index (χ3n) is 3.41. The molecule has 96 valence electrons. The number of benzene rings is 1. The van der Waals surface area contributed by atoms with Crippen LogP contribution in [0.25, 0.3) is 0 Å². The predicted molar refractivity (Wildman–Crippen MR) is 59.5 cm³/mol. The molecule has 18 heavy (non-hydrogen) atoms. The van der Waals surface area contributed by atoms with Gasteiger partial charge in [-0.1, -0.05) is 30.3 Å². The van der Waals surface area contributed by atoms with E-state index in [-0.39, 0.29) is 6.42 Å². The lowest BCUT2D eigenvalue weighted by atomic mass is 10.00. The number of carbonyl (C=O) groups is 1. The number of carbonyl (C=O) groups excluding carboxylic acids is 1. The summed E-state index contributed by atoms with van der Waals surface area (Å²) in [6.07, 6.45) is -4.69. The lowest BCUT2D eigenvalue weighted by molar-refractivity contribution is -0.146. The van der Waals surface area contributed by atoms with Gasteiger partial charge in [0.15, 0.2) is 12.3 Å². The van der Waals surface area contributed by atoms with E-state index in [9.17, 15) is 14.3 Å². The molecule has 0 unspecified atom stereocenters. The normalized spacial score (nSPS) is 36.2. The Morgan fingerprint density at radius 2 is 2.06 bits per heavy atom. The lowest BCUT2D eigenvalue weighted by Gasteiger charge is -2.20. The number of ether oxygens (including phenoxy) is 2. The number of hydrogen-bond donors (Lipinski definition) is 1. The number of alkyl halides is 1. The molecule has 0 saturated carbocycles. The number of fused-ring (bicyclic) bond motifs is 1. The zero-order valence-corrected chi connectivity index (χ0v) is 9.53. The highest BCUT2D eigenvalue weighted by molar-refractivity contribution is 5.73. The Balaban J connectivity index is 1.77. The Bertz CT molecular complexity index is 450. The van der Waals surface area contributed by atoms with Crippen LogP contribution in [0.2, 0.25) is 0 Å². The maximum absolute atomic E-state index is 14.3. The molecule has 4 nitrogen and oxygen atoms in total. The van der Waals surface area contributed by atoms with Crippen molar-refractivity contribution in [2.24, 2.45) is 0 Å². The molecule has 2 aliphatic rings. The van der Waals surface area contributed by atoms with Crippen molar-refractivity contribution in [1.29, 1.82) is 0 Å². The molecular weight excluding hydrogens is 239 g/mol. The minimum Gasteiger partial charge on any atom is -0.457 e. The Kier molecular flexibility index (Phi) is 2.80. The van der Waals surface area contributed by atoms with Gasteiger partial charge >= 0.3 is 5.97 Å². The van der Waals surface area contributed by atoms with E-state index < -0.39 is 36.6 Å². The van der Waals surface area contributed by atoms with Crippen molar-refractivity contribution in [3.05, 3.63) is 35.9 Å². The molecule has 0 spiro atoms. The van der Waals surface area contributed by atoms with Crippen molar-refractivity contribution in [1.82, 2.24) is 0 Å². The second-order valence-electron chi connectivity index (χ2n) is 4.60. The van der Waals surface area contributed by atoms with E-state index in [2.05, 4.69) is 0 Å². The summed E-state index contributed by atoms with van der Waals surface area (Å²) in [7, 11) is 0. The van der Waals surface area contributed by atoms with Crippen molar-refractivity contribution in [2.75, 3.05) is 0 Å². The van der Waals surface area contributed by atoms with E-state index in [0.29, 0.717) is 5.56 Å². The van der Waals surface area contributed by atoms with Crippen LogP contribution in [0.5, 0.6) is 0 Å². The van der Waals surface area contributed by atoms with Gasteiger partial charge in [0, 0.05) is 0 Å². The molecule has 5 atom stereocenters. The Hall–Kier alpha value is -1.46. The van der Waals surface area contributed by atoms with Crippen molar-refractivity contribution in [3.8, 4) is 0 Å². The van der Waals surface area contributed by atoms with E-state index in [1.165, 1.54) is 0 Å². The fourth-order valence-electron chi connectivity index (χ4n) is 2.51. The van der Waals surface area contributed by atoms with Gasteiger partial charge in [-0.25, -0.2) is 4.39 Å². The molecule has 0 aromatic heterocycles. The first-order chi connectivity index (χ1) is 8.66. The molecule has 2 fully saturated rings. The van der Waals surface area contributed by atoms with Gasteiger partial charge in [0.2, 0.25) is 0 Å². The first-order valence-electron chi connectivity index (χ1n) is 5.89. The van der Waals surface area contributed by atoms with E-state index in [1.807, 2.05) is 0 Å². The Morgan fingerprint density at radius 1 is 1.33 bits per heavy atom. The molecule has 2 heterocycles. The van der Waals surface area contributed by atoms with E-state index >= 15 is 0 Å². The van der Waals surface area contributed by atoms with Crippen LogP contribution < -0.4 is 0 Å². The number of aliphatic hydroxyl groups is 1. The van der Waals surface area contributed by atoms with E-state index in [0.717, 1.165) is 0 Å². The van der Waals surface area contributed by atoms with Gasteiger partial charge in [-0.05, 0) is 5.56 Å². The Labute approximate surface area is 103 Å². The SMILES string of the molecule is O=C1C[C@H]2O[C@H]([C@@H](F)c3ccccc3)[C@H](O)[C@H]2O1. The summed E-state index contributed by atoms with van der Waals surface area (Å²) < 4.78 is 24.6. The van der Waals surface area contributed by atoms with Gasteiger partial charge in [0.1, 0.15) is 18.3 Å². The summed E-state index contributed by atoms with van der Waals surface area (Å²) in [6, 6.07) is 8.52. The first kappa shape index (κ1) is 11.6. The van der Waals surface area contributed by atoms with Crippen LogP contribution in [0, 0.1) is 0 Å². The average Bonchev–Trinajstić information content (AvgIpc) is 2.88. The van der Waals surface area contributed by atoms with Crippen LogP contribution in [-0.2, 0) is 14.3 Å². The summed E-state index contributed by atoms with van der Waals surface area (Å²) in [5, 5.41) is 9.97. The molecule has 1 aromatic carbocycles. The standard InChI is InChI=1S/C13H13FO4/c14-10(7-4-2-1-3-5-7)13-11(16)12-8(17-13)6-9(15)18-12/h1-5,8,10-13,16H,6H2/t8-,10+,11-,12+,13-/m1/s1. The summed E-state index contributed by atoms with van der Waals surface area (Å²) in [5.41, 5.74) is 0.452. The monoisotopic (exact) mass is 252 g/mol. The maximum atomic E-state index is 14.3. The number of hydrogen-bond acceptors (Lipinski definition) is 4. The summed E-state index contributed by atoms with van der Waals surface area (Å²) >= 11 is 0. The topological polar surface area (TPSA) is 55.8 Å². The van der Waals surface area contributed by atoms with Crippen LogP contribution in [0.4, 0.5) is 4.39 Å². The van der Waals surface area contributed by atoms with Crippen LogP contribution in [0.1, 0.15) is 18.2 Å².